The summed E-state index contributed by atoms with van der Waals surface area (Å²) in [6.07, 6.45) is 3.75. The number of benzene rings is 1. The first-order chi connectivity index (χ1) is 15.4. The molecule has 6 nitrogen and oxygen atoms in total. The average Bonchev–Trinajstić information content (AvgIpc) is 3.21. The zero-order valence-corrected chi connectivity index (χ0v) is 19.1. The summed E-state index contributed by atoms with van der Waals surface area (Å²) in [4.78, 5) is 25.0. The van der Waals surface area contributed by atoms with Gasteiger partial charge in [-0.3, -0.25) is 4.79 Å². The van der Waals surface area contributed by atoms with Crippen LogP contribution in [0.5, 0.6) is 0 Å². The molecule has 0 atom stereocenters. The summed E-state index contributed by atoms with van der Waals surface area (Å²) in [6, 6.07) is 10.7. The lowest BCUT2D eigenvalue weighted by atomic mass is 9.95. The van der Waals surface area contributed by atoms with Crippen LogP contribution < -0.4 is 10.2 Å². The van der Waals surface area contributed by atoms with E-state index in [1.165, 1.54) is 12.1 Å². The van der Waals surface area contributed by atoms with E-state index < -0.39 is 0 Å². The molecule has 2 N–H and O–H groups in total. The predicted molar refractivity (Wildman–Crippen MR) is 128 cm³/mol. The number of nitrogens with one attached hydrogen (secondary N) is 2. The molecule has 3 aromatic rings. The van der Waals surface area contributed by atoms with Crippen LogP contribution in [-0.2, 0) is 0 Å². The van der Waals surface area contributed by atoms with E-state index in [4.69, 9.17) is 0 Å². The molecule has 1 amide bonds. The minimum atomic E-state index is -0.295. The van der Waals surface area contributed by atoms with Gasteiger partial charge in [-0.15, -0.1) is 0 Å². The molecule has 7 heteroatoms. The molecule has 0 radical (unpaired) electrons. The molecule has 3 heterocycles. The summed E-state index contributed by atoms with van der Waals surface area (Å²) in [5.41, 5.74) is 2.37. The van der Waals surface area contributed by atoms with Crippen molar-refractivity contribution in [3.8, 4) is 0 Å². The van der Waals surface area contributed by atoms with Crippen LogP contribution >= 0.6 is 0 Å². The molecule has 32 heavy (non-hydrogen) atoms. The molecule has 0 bridgehead atoms. The molecule has 1 aromatic carbocycles. The lowest BCUT2D eigenvalue weighted by Gasteiger charge is -2.35. The molecule has 2 aromatic heterocycles. The second kappa shape index (κ2) is 9.59. The smallest absolute Gasteiger partial charge is 0.270 e. The third-order valence-electron chi connectivity index (χ3n) is 6.11. The van der Waals surface area contributed by atoms with Crippen LogP contribution in [0.3, 0.4) is 0 Å². The van der Waals surface area contributed by atoms with Crippen molar-refractivity contribution < 1.29 is 9.18 Å². The molecule has 0 aliphatic carbocycles. The van der Waals surface area contributed by atoms with Crippen LogP contribution in [0.1, 0.15) is 44.1 Å². The van der Waals surface area contributed by atoms with E-state index in [0.717, 1.165) is 61.4 Å². The Kier molecular flexibility index (Phi) is 6.63. The Labute approximate surface area is 188 Å². The van der Waals surface area contributed by atoms with Gasteiger partial charge in [0.1, 0.15) is 11.5 Å². The lowest BCUT2D eigenvalue weighted by Crippen LogP contribution is -2.42. The highest BCUT2D eigenvalue weighted by atomic mass is 19.1. The maximum atomic E-state index is 13.5. The van der Waals surface area contributed by atoms with Gasteiger partial charge in [-0.2, -0.15) is 0 Å². The Morgan fingerprint density at radius 3 is 2.78 bits per heavy atom. The zero-order valence-electron chi connectivity index (χ0n) is 19.1. The van der Waals surface area contributed by atoms with Crippen molar-refractivity contribution >= 4 is 28.3 Å². The first kappa shape index (κ1) is 22.1. The van der Waals surface area contributed by atoms with Crippen molar-refractivity contribution in [3.63, 3.8) is 0 Å². The summed E-state index contributed by atoms with van der Waals surface area (Å²) >= 11 is 0. The van der Waals surface area contributed by atoms with Gasteiger partial charge in [-0.1, -0.05) is 0 Å². The van der Waals surface area contributed by atoms with Crippen LogP contribution in [0.4, 0.5) is 15.9 Å². The van der Waals surface area contributed by atoms with Gasteiger partial charge in [0.2, 0.25) is 0 Å². The third-order valence-corrected chi connectivity index (χ3v) is 6.11. The number of amides is 1. The maximum absolute atomic E-state index is 13.5. The minimum Gasteiger partial charge on any atom is -0.380 e. The summed E-state index contributed by atoms with van der Waals surface area (Å²) in [5, 5.41) is 4.22. The molecule has 170 valence electrons. The van der Waals surface area contributed by atoms with E-state index in [2.05, 4.69) is 47.0 Å². The largest absolute Gasteiger partial charge is 0.380 e. The Morgan fingerprint density at radius 2 is 2.06 bits per heavy atom. The molecule has 1 aliphatic heterocycles. The molecule has 0 unspecified atom stereocenters. The van der Waals surface area contributed by atoms with Gasteiger partial charge in [0.25, 0.3) is 5.91 Å². The number of pyridine rings is 1. The SMILES string of the molecule is CCN(CC1CCN(C(=O)c2cc3cc(F)ccc3[nH]2)CC1)c1ncccc1NC(C)C. The first-order valence-corrected chi connectivity index (χ1v) is 11.5. The summed E-state index contributed by atoms with van der Waals surface area (Å²) in [6.45, 7) is 9.68. The van der Waals surface area contributed by atoms with Crippen LogP contribution in [0.15, 0.2) is 42.6 Å². The standard InChI is InChI=1S/C25H32FN5O/c1-4-30(24-22(28-17(2)3)6-5-11-27-24)16-18-9-12-31(13-10-18)25(32)23-15-19-14-20(26)7-8-21(19)29-23/h5-8,11,14-15,17-18,28-29H,4,9-10,12-13,16H2,1-3H3. The number of halogens is 1. The zero-order chi connectivity index (χ0) is 22.7. The fourth-order valence-corrected chi connectivity index (χ4v) is 4.46. The van der Waals surface area contributed by atoms with Crippen molar-refractivity contribution in [2.45, 2.75) is 39.7 Å². The Hall–Kier alpha value is -3.09. The number of carbonyl (C=O) groups excluding carboxylic acids is 1. The number of H-pyrrole nitrogens is 1. The maximum Gasteiger partial charge on any atom is 0.270 e. The number of aromatic amines is 1. The minimum absolute atomic E-state index is 0.0134. The topological polar surface area (TPSA) is 64.3 Å². The van der Waals surface area contributed by atoms with E-state index in [1.54, 1.807) is 12.1 Å². The number of hydrogen-bond donors (Lipinski definition) is 2. The van der Waals surface area contributed by atoms with Gasteiger partial charge >= 0.3 is 0 Å². The molecule has 1 saturated heterocycles. The number of rotatable bonds is 7. The Bertz CT molecular complexity index is 1070. The van der Waals surface area contributed by atoms with Crippen molar-refractivity contribution in [1.82, 2.24) is 14.9 Å². The van der Waals surface area contributed by atoms with E-state index in [1.807, 2.05) is 17.2 Å². The van der Waals surface area contributed by atoms with Crippen molar-refractivity contribution in [2.75, 3.05) is 36.4 Å². The van der Waals surface area contributed by atoms with E-state index >= 15 is 0 Å². The van der Waals surface area contributed by atoms with Crippen molar-refractivity contribution in [1.29, 1.82) is 0 Å². The third kappa shape index (κ3) is 4.87. The number of anilines is 2. The number of carbonyl (C=O) groups is 1. The molecule has 1 aliphatic rings. The van der Waals surface area contributed by atoms with Gasteiger partial charge in [0, 0.05) is 49.3 Å². The molecule has 0 spiro atoms. The molecule has 0 saturated carbocycles. The van der Waals surface area contributed by atoms with E-state index in [9.17, 15) is 9.18 Å². The van der Waals surface area contributed by atoms with Gasteiger partial charge < -0.3 is 20.1 Å². The number of hydrogen-bond acceptors (Lipinski definition) is 4. The van der Waals surface area contributed by atoms with Crippen molar-refractivity contribution in [2.24, 2.45) is 5.92 Å². The number of aromatic nitrogens is 2. The van der Waals surface area contributed by atoms with Gasteiger partial charge in [-0.25, -0.2) is 9.37 Å². The second-order valence-corrected chi connectivity index (χ2v) is 8.86. The average molecular weight is 438 g/mol. The van der Waals surface area contributed by atoms with E-state index in [-0.39, 0.29) is 11.7 Å². The number of nitrogens with zero attached hydrogens (tertiary/aromatic N) is 3. The van der Waals surface area contributed by atoms with Crippen molar-refractivity contribution in [3.05, 3.63) is 54.1 Å². The highest BCUT2D eigenvalue weighted by Crippen LogP contribution is 2.27. The quantitative estimate of drug-likeness (QED) is 0.552. The second-order valence-electron chi connectivity index (χ2n) is 8.86. The monoisotopic (exact) mass is 437 g/mol. The molecule has 4 rings (SSSR count). The summed E-state index contributed by atoms with van der Waals surface area (Å²) < 4.78 is 13.5. The lowest BCUT2D eigenvalue weighted by molar-refractivity contribution is 0.0688. The van der Waals surface area contributed by atoms with E-state index in [0.29, 0.717) is 17.7 Å². The van der Waals surface area contributed by atoms with Gasteiger partial charge in [-0.05, 0) is 75.9 Å². The Balaban J connectivity index is 1.38. The molecular formula is C25H32FN5O. The number of likely N-dealkylation sites (tertiary alicyclic amines) is 1. The Morgan fingerprint density at radius 1 is 1.28 bits per heavy atom. The number of fused-ring (bicyclic) bond motifs is 1. The van der Waals surface area contributed by atoms with Crippen LogP contribution in [0.2, 0.25) is 0 Å². The predicted octanol–water partition coefficient (Wildman–Crippen LogP) is 4.90. The van der Waals surface area contributed by atoms with Crippen LogP contribution in [0, 0.1) is 11.7 Å². The summed E-state index contributed by atoms with van der Waals surface area (Å²) in [7, 11) is 0. The highest BCUT2D eigenvalue weighted by Gasteiger charge is 2.26. The molecule has 1 fully saturated rings. The summed E-state index contributed by atoms with van der Waals surface area (Å²) in [5.74, 6) is 1.19. The fourth-order valence-electron chi connectivity index (χ4n) is 4.46. The van der Waals surface area contributed by atoms with Gasteiger partial charge in [0.15, 0.2) is 5.82 Å². The normalized spacial score (nSPS) is 14.8. The number of piperidine rings is 1. The molecular weight excluding hydrogens is 405 g/mol. The van der Waals surface area contributed by atoms with Crippen LogP contribution in [-0.4, -0.2) is 53.0 Å². The van der Waals surface area contributed by atoms with Gasteiger partial charge in [0.05, 0.1) is 5.69 Å². The fraction of sp³-hybridized carbons (Fsp3) is 0.440. The first-order valence-electron chi connectivity index (χ1n) is 11.5. The van der Waals surface area contributed by atoms with Crippen LogP contribution in [0.25, 0.3) is 10.9 Å². The highest BCUT2D eigenvalue weighted by molar-refractivity contribution is 5.98.